The predicted octanol–water partition coefficient (Wildman–Crippen LogP) is 3.14. The van der Waals surface area contributed by atoms with Crippen molar-refractivity contribution < 1.29 is 9.53 Å². The van der Waals surface area contributed by atoms with E-state index in [9.17, 15) is 4.79 Å². The number of pyridine rings is 1. The predicted molar refractivity (Wildman–Crippen MR) is 89.5 cm³/mol. The van der Waals surface area contributed by atoms with Gasteiger partial charge in [-0.1, -0.05) is 12.1 Å². The van der Waals surface area contributed by atoms with E-state index in [-0.39, 0.29) is 5.91 Å². The van der Waals surface area contributed by atoms with E-state index < -0.39 is 0 Å². The first-order valence-corrected chi connectivity index (χ1v) is 7.91. The number of carbonyl (C=O) groups excluding carboxylic acids is 1. The Hall–Kier alpha value is -2.73. The largest absolute Gasteiger partial charge is 0.497 e. The quantitative estimate of drug-likeness (QED) is 0.783. The molecule has 0 saturated carbocycles. The molecule has 2 aromatic heterocycles. The van der Waals surface area contributed by atoms with Crippen molar-refractivity contribution in [2.24, 2.45) is 0 Å². The summed E-state index contributed by atoms with van der Waals surface area (Å²) in [6.07, 6.45) is 3.42. The molecule has 6 heteroatoms. The van der Waals surface area contributed by atoms with Crippen LogP contribution in [0.3, 0.4) is 0 Å². The van der Waals surface area contributed by atoms with Gasteiger partial charge < -0.3 is 10.1 Å². The third-order valence-electron chi connectivity index (χ3n) is 3.28. The summed E-state index contributed by atoms with van der Waals surface area (Å²) >= 11 is 1.44. The van der Waals surface area contributed by atoms with Gasteiger partial charge in [-0.2, -0.15) is 0 Å². The van der Waals surface area contributed by atoms with E-state index in [4.69, 9.17) is 4.74 Å². The van der Waals surface area contributed by atoms with Crippen molar-refractivity contribution >= 4 is 17.2 Å². The average molecular weight is 325 g/mol. The van der Waals surface area contributed by atoms with Gasteiger partial charge in [-0.3, -0.25) is 9.78 Å². The number of aromatic nitrogens is 2. The van der Waals surface area contributed by atoms with E-state index in [0.717, 1.165) is 21.9 Å². The summed E-state index contributed by atoms with van der Waals surface area (Å²) in [4.78, 5) is 20.5. The Kier molecular flexibility index (Phi) is 4.63. The molecule has 0 radical (unpaired) electrons. The molecule has 0 aliphatic carbocycles. The van der Waals surface area contributed by atoms with Crippen molar-refractivity contribution in [3.8, 4) is 16.3 Å². The molecule has 2 heterocycles. The van der Waals surface area contributed by atoms with E-state index >= 15 is 0 Å². The fourth-order valence-corrected chi connectivity index (χ4v) is 2.83. The Balaban J connectivity index is 1.63. The Morgan fingerprint density at radius 3 is 2.61 bits per heavy atom. The van der Waals surface area contributed by atoms with Crippen LogP contribution < -0.4 is 10.1 Å². The zero-order valence-electron chi connectivity index (χ0n) is 12.5. The Bertz CT molecular complexity index is 785. The zero-order chi connectivity index (χ0) is 16.1. The van der Waals surface area contributed by atoms with Gasteiger partial charge in [0, 0.05) is 29.9 Å². The van der Waals surface area contributed by atoms with Gasteiger partial charge in [-0.25, -0.2) is 4.98 Å². The molecule has 5 nitrogen and oxygen atoms in total. The van der Waals surface area contributed by atoms with Crippen LogP contribution in [-0.4, -0.2) is 23.0 Å². The second-order valence-electron chi connectivity index (χ2n) is 4.80. The van der Waals surface area contributed by atoms with Gasteiger partial charge in [0.25, 0.3) is 5.91 Å². The summed E-state index contributed by atoms with van der Waals surface area (Å²) in [7, 11) is 1.62. The third-order valence-corrected chi connectivity index (χ3v) is 4.17. The van der Waals surface area contributed by atoms with Crippen LogP contribution in [0.1, 0.15) is 16.1 Å². The molecule has 3 aromatic rings. The summed E-state index contributed by atoms with van der Waals surface area (Å²) in [5.74, 6) is 0.610. The fourth-order valence-electron chi connectivity index (χ4n) is 2.02. The molecule has 0 spiro atoms. The number of hydrogen-bond donors (Lipinski definition) is 1. The SMILES string of the molecule is COc1ccc(CNC(=O)c2csc(-c3ccncc3)n2)cc1. The smallest absolute Gasteiger partial charge is 0.271 e. The highest BCUT2D eigenvalue weighted by Gasteiger charge is 2.11. The lowest BCUT2D eigenvalue weighted by Crippen LogP contribution is -2.23. The van der Waals surface area contributed by atoms with Crippen LogP contribution in [0, 0.1) is 0 Å². The van der Waals surface area contributed by atoms with Crippen molar-refractivity contribution in [3.63, 3.8) is 0 Å². The van der Waals surface area contributed by atoms with Crippen LogP contribution in [-0.2, 0) is 6.54 Å². The number of amides is 1. The van der Waals surface area contributed by atoms with Crippen LogP contribution in [0.15, 0.2) is 54.2 Å². The van der Waals surface area contributed by atoms with Crippen molar-refractivity contribution in [3.05, 3.63) is 65.4 Å². The highest BCUT2D eigenvalue weighted by Crippen LogP contribution is 2.22. The molecule has 0 atom stereocenters. The number of thiazole rings is 1. The standard InChI is InChI=1S/C17H15N3O2S/c1-22-14-4-2-12(3-5-14)10-19-16(21)15-11-23-17(20-15)13-6-8-18-9-7-13/h2-9,11H,10H2,1H3,(H,19,21). The summed E-state index contributed by atoms with van der Waals surface area (Å²) < 4.78 is 5.11. The minimum atomic E-state index is -0.183. The van der Waals surface area contributed by atoms with E-state index in [1.807, 2.05) is 36.4 Å². The van der Waals surface area contributed by atoms with E-state index in [1.54, 1.807) is 24.9 Å². The minimum Gasteiger partial charge on any atom is -0.497 e. The van der Waals surface area contributed by atoms with Crippen molar-refractivity contribution in [1.82, 2.24) is 15.3 Å². The van der Waals surface area contributed by atoms with E-state index in [0.29, 0.717) is 12.2 Å². The molecule has 23 heavy (non-hydrogen) atoms. The van der Waals surface area contributed by atoms with Crippen LogP contribution in [0.2, 0.25) is 0 Å². The molecule has 116 valence electrons. The molecule has 0 unspecified atom stereocenters. The maximum atomic E-state index is 12.2. The lowest BCUT2D eigenvalue weighted by molar-refractivity contribution is 0.0946. The lowest BCUT2D eigenvalue weighted by atomic mass is 10.2. The second-order valence-corrected chi connectivity index (χ2v) is 5.66. The van der Waals surface area contributed by atoms with Crippen molar-refractivity contribution in [2.75, 3.05) is 7.11 Å². The summed E-state index contributed by atoms with van der Waals surface area (Å²) in [6.45, 7) is 0.449. The molecule has 1 aromatic carbocycles. The van der Waals surface area contributed by atoms with Crippen LogP contribution in [0.25, 0.3) is 10.6 Å². The van der Waals surface area contributed by atoms with Gasteiger partial charge >= 0.3 is 0 Å². The van der Waals surface area contributed by atoms with Gasteiger partial charge in [-0.15, -0.1) is 11.3 Å². The highest BCUT2D eigenvalue weighted by atomic mass is 32.1. The minimum absolute atomic E-state index is 0.183. The molecule has 0 aliphatic heterocycles. The number of methoxy groups -OCH3 is 1. The van der Waals surface area contributed by atoms with E-state index in [1.165, 1.54) is 11.3 Å². The first-order valence-electron chi connectivity index (χ1n) is 7.03. The monoisotopic (exact) mass is 325 g/mol. The number of rotatable bonds is 5. The van der Waals surface area contributed by atoms with Gasteiger partial charge in [0.2, 0.25) is 0 Å². The van der Waals surface area contributed by atoms with Crippen molar-refractivity contribution in [2.45, 2.75) is 6.54 Å². The summed E-state index contributed by atoms with van der Waals surface area (Å²) in [6, 6.07) is 11.3. The molecular formula is C17H15N3O2S. The average Bonchev–Trinajstić information content (AvgIpc) is 3.11. The van der Waals surface area contributed by atoms with Crippen LogP contribution >= 0.6 is 11.3 Å². The summed E-state index contributed by atoms with van der Waals surface area (Å²) in [5, 5.41) is 5.44. The van der Waals surface area contributed by atoms with Crippen LogP contribution in [0.4, 0.5) is 0 Å². The zero-order valence-corrected chi connectivity index (χ0v) is 13.3. The molecule has 0 saturated heterocycles. The Morgan fingerprint density at radius 2 is 1.91 bits per heavy atom. The first-order chi connectivity index (χ1) is 11.3. The topological polar surface area (TPSA) is 64.1 Å². The molecule has 1 amide bonds. The molecule has 1 N–H and O–H groups in total. The number of hydrogen-bond acceptors (Lipinski definition) is 5. The number of benzene rings is 1. The van der Waals surface area contributed by atoms with Gasteiger partial charge in [-0.05, 0) is 29.8 Å². The maximum absolute atomic E-state index is 12.2. The number of nitrogens with zero attached hydrogens (tertiary/aromatic N) is 2. The van der Waals surface area contributed by atoms with Gasteiger partial charge in [0.05, 0.1) is 7.11 Å². The number of ether oxygens (including phenoxy) is 1. The Morgan fingerprint density at radius 1 is 1.17 bits per heavy atom. The van der Waals surface area contributed by atoms with E-state index in [2.05, 4.69) is 15.3 Å². The second kappa shape index (κ2) is 7.02. The Labute approximate surface area is 138 Å². The first kappa shape index (κ1) is 15.2. The molecule has 0 fully saturated rings. The highest BCUT2D eigenvalue weighted by molar-refractivity contribution is 7.13. The lowest BCUT2D eigenvalue weighted by Gasteiger charge is -2.05. The van der Waals surface area contributed by atoms with Crippen LogP contribution in [0.5, 0.6) is 5.75 Å². The van der Waals surface area contributed by atoms with Crippen molar-refractivity contribution in [1.29, 1.82) is 0 Å². The molecular weight excluding hydrogens is 310 g/mol. The number of carbonyl (C=O) groups is 1. The molecule has 0 aliphatic rings. The maximum Gasteiger partial charge on any atom is 0.271 e. The molecule has 3 rings (SSSR count). The van der Waals surface area contributed by atoms with Gasteiger partial charge in [0.1, 0.15) is 16.5 Å². The fraction of sp³-hybridized carbons (Fsp3) is 0.118. The van der Waals surface area contributed by atoms with Gasteiger partial charge in [0.15, 0.2) is 0 Å². The third kappa shape index (κ3) is 3.73. The summed E-state index contributed by atoms with van der Waals surface area (Å²) in [5.41, 5.74) is 2.39. The normalized spacial score (nSPS) is 10.3. The molecule has 0 bridgehead atoms. The number of nitrogens with one attached hydrogen (secondary N) is 1.